The molecule has 1 amide bonds. The molecule has 2 aliphatic rings. The molecule has 0 N–H and O–H groups in total. The lowest BCUT2D eigenvalue weighted by Crippen LogP contribution is -2.41. The van der Waals surface area contributed by atoms with E-state index in [1.54, 1.807) is 54.3 Å². The largest absolute Gasteiger partial charge is 0.460 e. The fourth-order valence-corrected chi connectivity index (χ4v) is 6.85. The summed E-state index contributed by atoms with van der Waals surface area (Å²) in [5.74, 6) is -1.42. The van der Waals surface area contributed by atoms with Crippen molar-refractivity contribution in [2.45, 2.75) is 13.0 Å². The van der Waals surface area contributed by atoms with E-state index in [1.165, 1.54) is 24.0 Å². The summed E-state index contributed by atoms with van der Waals surface area (Å²) in [5.41, 5.74) is 2.03. The van der Waals surface area contributed by atoms with E-state index in [-0.39, 0.29) is 52.9 Å². The molecule has 0 aliphatic carbocycles. The lowest BCUT2D eigenvalue weighted by Gasteiger charge is -2.25. The average Bonchev–Trinajstić information content (AvgIpc) is 3.75. The van der Waals surface area contributed by atoms with Crippen molar-refractivity contribution >= 4 is 56.4 Å². The monoisotopic (exact) mass is 703 g/mol. The summed E-state index contributed by atoms with van der Waals surface area (Å²) in [5, 5.41) is 0. The molecule has 4 aromatic rings. The Labute approximate surface area is 274 Å². The van der Waals surface area contributed by atoms with Crippen LogP contribution in [0.15, 0.2) is 103 Å². The summed E-state index contributed by atoms with van der Waals surface area (Å²) in [6.07, 6.45) is 2.99. The lowest BCUT2D eigenvalue weighted by atomic mass is 9.96. The number of nitrogens with zero attached hydrogens (tertiary/aromatic N) is 3. The molecule has 1 unspecified atom stereocenters. The van der Waals surface area contributed by atoms with Crippen molar-refractivity contribution < 1.29 is 33.0 Å². The summed E-state index contributed by atoms with van der Waals surface area (Å²) < 4.78 is 23.4. The third kappa shape index (κ3) is 5.57. The molecule has 2 aromatic heterocycles. The van der Waals surface area contributed by atoms with E-state index in [9.17, 15) is 19.2 Å². The van der Waals surface area contributed by atoms with Crippen LogP contribution in [0.5, 0.6) is 5.75 Å². The highest BCUT2D eigenvalue weighted by Gasteiger charge is 2.37. The van der Waals surface area contributed by atoms with Crippen molar-refractivity contribution in [3.05, 3.63) is 126 Å². The second kappa shape index (κ2) is 12.9. The van der Waals surface area contributed by atoms with Gasteiger partial charge in [0.15, 0.2) is 4.80 Å². The zero-order chi connectivity index (χ0) is 32.5. The number of ether oxygens (including phenoxy) is 3. The van der Waals surface area contributed by atoms with Crippen molar-refractivity contribution in [2.75, 3.05) is 31.8 Å². The van der Waals surface area contributed by atoms with E-state index in [0.717, 1.165) is 15.8 Å². The molecule has 0 radical (unpaired) electrons. The van der Waals surface area contributed by atoms with Crippen LogP contribution < -0.4 is 24.5 Å². The lowest BCUT2D eigenvalue weighted by molar-refractivity contribution is -0.140. The van der Waals surface area contributed by atoms with Gasteiger partial charge in [0.2, 0.25) is 5.76 Å². The normalized spacial score (nSPS) is 16.5. The molecule has 4 heterocycles. The van der Waals surface area contributed by atoms with Gasteiger partial charge in [0.1, 0.15) is 16.9 Å². The Hall–Kier alpha value is -4.85. The number of hydrogen-bond acceptors (Lipinski definition) is 10. The molecule has 46 heavy (non-hydrogen) atoms. The maximum absolute atomic E-state index is 14.4. The zero-order valence-corrected chi connectivity index (χ0v) is 27.1. The predicted molar refractivity (Wildman–Crippen MR) is 172 cm³/mol. The van der Waals surface area contributed by atoms with Crippen molar-refractivity contribution in [1.82, 2.24) is 4.57 Å². The predicted octanol–water partition coefficient (Wildman–Crippen LogP) is 3.90. The number of methoxy groups -OCH3 is 1. The van der Waals surface area contributed by atoms with E-state index in [1.807, 2.05) is 12.1 Å². The van der Waals surface area contributed by atoms with Gasteiger partial charge in [0.25, 0.3) is 11.5 Å². The third-order valence-corrected chi connectivity index (χ3v) is 8.93. The number of halogens is 1. The molecule has 0 bridgehead atoms. The average molecular weight is 705 g/mol. The van der Waals surface area contributed by atoms with Gasteiger partial charge >= 0.3 is 11.9 Å². The van der Waals surface area contributed by atoms with Crippen LogP contribution in [0.25, 0.3) is 5.57 Å². The second-order valence-electron chi connectivity index (χ2n) is 10.2. The van der Waals surface area contributed by atoms with E-state index < -0.39 is 23.5 Å². The first kappa shape index (κ1) is 31.1. The summed E-state index contributed by atoms with van der Waals surface area (Å²) in [4.78, 5) is 60.6. The first-order valence-corrected chi connectivity index (χ1v) is 15.6. The number of carbonyl (C=O) groups is 3. The Morgan fingerprint density at radius 3 is 2.59 bits per heavy atom. The topological polar surface area (TPSA) is 130 Å². The zero-order valence-electron chi connectivity index (χ0n) is 24.7. The van der Waals surface area contributed by atoms with Gasteiger partial charge in [-0.2, -0.15) is 0 Å². The van der Waals surface area contributed by atoms with Gasteiger partial charge in [-0.3, -0.25) is 14.2 Å². The number of furan rings is 1. The van der Waals surface area contributed by atoms with Crippen molar-refractivity contribution in [2.24, 2.45) is 4.99 Å². The number of thiazole rings is 1. The minimum atomic E-state index is -0.960. The minimum Gasteiger partial charge on any atom is -0.460 e. The molecule has 2 aromatic carbocycles. The van der Waals surface area contributed by atoms with Gasteiger partial charge in [-0.1, -0.05) is 45.5 Å². The molecule has 0 spiro atoms. The molecule has 6 rings (SSSR count). The van der Waals surface area contributed by atoms with Gasteiger partial charge in [-0.15, -0.1) is 6.58 Å². The molecular formula is C33H26BrN3O8S. The standard InChI is InChI=1S/C33H26BrN3O8S/c1-4-13-36-23-12-9-20(34)17-22(23)26(29(36)38)28-30(39)37-27(25(18(2)35-33(37)46-28)32(41)44-16-15-42-3)19-7-10-21(11-8-19)45-31(40)24-6-5-14-43-24/h4-12,14,17,27H,1,13,15-16H2,2-3H3/b28-26-. The highest BCUT2D eigenvalue weighted by Crippen LogP contribution is 2.37. The van der Waals surface area contributed by atoms with E-state index in [4.69, 9.17) is 18.6 Å². The van der Waals surface area contributed by atoms with Crippen LogP contribution >= 0.6 is 27.3 Å². The third-order valence-electron chi connectivity index (χ3n) is 7.38. The van der Waals surface area contributed by atoms with Crippen LogP contribution in [-0.2, 0) is 19.1 Å². The van der Waals surface area contributed by atoms with Crippen LogP contribution in [-0.4, -0.2) is 49.3 Å². The second-order valence-corrected chi connectivity index (χ2v) is 12.1. The number of fused-ring (bicyclic) bond motifs is 2. The Bertz CT molecular complexity index is 2090. The Balaban J connectivity index is 1.50. The first-order valence-electron chi connectivity index (χ1n) is 14.0. The van der Waals surface area contributed by atoms with Crippen molar-refractivity contribution in [3.8, 4) is 5.75 Å². The van der Waals surface area contributed by atoms with Gasteiger partial charge in [-0.25, -0.2) is 14.6 Å². The smallest absolute Gasteiger partial charge is 0.379 e. The number of carbonyl (C=O) groups excluding carboxylic acids is 3. The number of anilines is 1. The molecule has 11 nitrogen and oxygen atoms in total. The fourth-order valence-electron chi connectivity index (χ4n) is 5.35. The Kier molecular flexibility index (Phi) is 8.71. The van der Waals surface area contributed by atoms with Crippen LogP contribution in [0, 0.1) is 0 Å². The number of amides is 1. The van der Waals surface area contributed by atoms with Crippen LogP contribution in [0.1, 0.15) is 34.6 Å². The summed E-state index contributed by atoms with van der Waals surface area (Å²) in [6, 6.07) is 13.9. The van der Waals surface area contributed by atoms with Gasteiger partial charge in [-0.05, 0) is 55.0 Å². The van der Waals surface area contributed by atoms with Gasteiger partial charge in [0.05, 0.1) is 41.4 Å². The van der Waals surface area contributed by atoms with Crippen LogP contribution in [0.4, 0.5) is 5.69 Å². The number of rotatable bonds is 9. The SMILES string of the molecule is C=CCN1C(=O)/C(=c2\sc3n(c2=O)C(c2ccc(OC(=O)c4ccco4)cc2)C(C(=O)OCCOC)=C(C)N=3)c2cc(Br)ccc21. The maximum Gasteiger partial charge on any atom is 0.379 e. The molecule has 0 fully saturated rings. The number of esters is 2. The number of aromatic nitrogens is 1. The highest BCUT2D eigenvalue weighted by molar-refractivity contribution is 9.10. The minimum absolute atomic E-state index is 0.00558. The molecule has 0 saturated carbocycles. The summed E-state index contributed by atoms with van der Waals surface area (Å²) in [7, 11) is 1.49. The molecule has 13 heteroatoms. The summed E-state index contributed by atoms with van der Waals surface area (Å²) in [6.45, 7) is 5.87. The number of hydrogen-bond donors (Lipinski definition) is 0. The summed E-state index contributed by atoms with van der Waals surface area (Å²) >= 11 is 4.56. The van der Waals surface area contributed by atoms with E-state index >= 15 is 0 Å². The number of benzene rings is 2. The molecular weight excluding hydrogens is 678 g/mol. The van der Waals surface area contributed by atoms with Gasteiger partial charge in [0, 0.05) is 23.7 Å². The van der Waals surface area contributed by atoms with E-state index in [0.29, 0.717) is 27.3 Å². The van der Waals surface area contributed by atoms with Gasteiger partial charge < -0.3 is 23.5 Å². The van der Waals surface area contributed by atoms with Crippen LogP contribution in [0.3, 0.4) is 0 Å². The molecule has 234 valence electrons. The van der Waals surface area contributed by atoms with E-state index in [2.05, 4.69) is 27.5 Å². The molecule has 0 saturated heterocycles. The maximum atomic E-state index is 14.4. The van der Waals surface area contributed by atoms with Crippen LogP contribution in [0.2, 0.25) is 0 Å². The highest BCUT2D eigenvalue weighted by atomic mass is 79.9. The van der Waals surface area contributed by atoms with Crippen molar-refractivity contribution in [1.29, 1.82) is 0 Å². The Morgan fingerprint density at radius 2 is 1.89 bits per heavy atom. The fraction of sp³-hybridized carbons (Fsp3) is 0.182. The first-order chi connectivity index (χ1) is 22.2. The van der Waals surface area contributed by atoms with Crippen molar-refractivity contribution in [3.63, 3.8) is 0 Å². The number of allylic oxidation sites excluding steroid dienone is 1. The quantitative estimate of drug-likeness (QED) is 0.111. The molecule has 2 aliphatic heterocycles. The Morgan fingerprint density at radius 1 is 1.11 bits per heavy atom. The molecule has 1 atom stereocenters.